The van der Waals surface area contributed by atoms with Gasteiger partial charge in [0.2, 0.25) is 5.91 Å². The van der Waals surface area contributed by atoms with Crippen LogP contribution in [0, 0.1) is 12.8 Å². The summed E-state index contributed by atoms with van der Waals surface area (Å²) >= 11 is 0. The zero-order valence-corrected chi connectivity index (χ0v) is 19.7. The summed E-state index contributed by atoms with van der Waals surface area (Å²) in [7, 11) is 0. The third kappa shape index (κ3) is 5.23. The maximum Gasteiger partial charge on any atom is 0.252 e. The van der Waals surface area contributed by atoms with E-state index in [1.165, 1.54) is 5.56 Å². The maximum atomic E-state index is 13.4. The van der Waals surface area contributed by atoms with E-state index in [1.54, 1.807) is 6.07 Å². The van der Waals surface area contributed by atoms with Crippen molar-refractivity contribution in [1.82, 2.24) is 10.2 Å². The van der Waals surface area contributed by atoms with Gasteiger partial charge in [-0.15, -0.1) is 0 Å². The molecule has 1 aliphatic rings. The second kappa shape index (κ2) is 10.5. The van der Waals surface area contributed by atoms with Crippen LogP contribution in [0.3, 0.4) is 0 Å². The van der Waals surface area contributed by atoms with E-state index < -0.39 is 6.04 Å². The quantitative estimate of drug-likeness (QED) is 0.673. The van der Waals surface area contributed by atoms with Crippen LogP contribution in [0.15, 0.2) is 36.4 Å². The Hall–Kier alpha value is -3.02. The van der Waals surface area contributed by atoms with Gasteiger partial charge in [0.15, 0.2) is 11.5 Å². The molecule has 0 radical (unpaired) electrons. The van der Waals surface area contributed by atoms with E-state index in [4.69, 9.17) is 9.47 Å². The number of hydrogen-bond donors (Lipinski definition) is 1. The summed E-state index contributed by atoms with van der Waals surface area (Å²) in [6, 6.07) is 10.9. The number of rotatable bonds is 8. The zero-order valence-electron chi connectivity index (χ0n) is 19.7. The van der Waals surface area contributed by atoms with Crippen LogP contribution in [0.25, 0.3) is 0 Å². The number of carbonyl (C=O) groups is 2. The molecule has 1 N–H and O–H groups in total. The highest BCUT2D eigenvalue weighted by Gasteiger charge is 2.31. The molecular formula is C26H34N2O4. The average molecular weight is 439 g/mol. The lowest BCUT2D eigenvalue weighted by molar-refractivity contribution is -0.135. The molecule has 32 heavy (non-hydrogen) atoms. The maximum absolute atomic E-state index is 13.4. The van der Waals surface area contributed by atoms with E-state index in [1.807, 2.05) is 69.9 Å². The Bertz CT molecular complexity index is 970. The molecule has 2 aromatic carbocycles. The fourth-order valence-electron chi connectivity index (χ4n) is 4.05. The number of nitrogens with zero attached hydrogens (tertiary/aromatic N) is 1. The summed E-state index contributed by atoms with van der Waals surface area (Å²) in [6.07, 6.45) is 0.740. The summed E-state index contributed by atoms with van der Waals surface area (Å²) in [5.41, 5.74) is 3.72. The molecule has 0 aliphatic carbocycles. The van der Waals surface area contributed by atoms with Crippen LogP contribution in [0.1, 0.15) is 54.7 Å². The van der Waals surface area contributed by atoms with Gasteiger partial charge in [-0.1, -0.05) is 32.0 Å². The van der Waals surface area contributed by atoms with Crippen LogP contribution in [-0.2, 0) is 17.8 Å². The van der Waals surface area contributed by atoms with Crippen molar-refractivity contribution >= 4 is 11.8 Å². The molecular weight excluding hydrogens is 404 g/mol. The molecule has 1 aliphatic heterocycles. The Labute approximate surface area is 190 Å². The van der Waals surface area contributed by atoms with Gasteiger partial charge in [-0.2, -0.15) is 0 Å². The van der Waals surface area contributed by atoms with Crippen LogP contribution in [0.2, 0.25) is 0 Å². The molecule has 0 saturated heterocycles. The van der Waals surface area contributed by atoms with Gasteiger partial charge in [0.1, 0.15) is 6.04 Å². The Morgan fingerprint density at radius 2 is 1.66 bits per heavy atom. The molecule has 0 spiro atoms. The first-order chi connectivity index (χ1) is 15.3. The minimum atomic E-state index is -0.585. The molecule has 1 heterocycles. The second-order valence-corrected chi connectivity index (χ2v) is 8.45. The van der Waals surface area contributed by atoms with Crippen molar-refractivity contribution in [1.29, 1.82) is 0 Å². The average Bonchev–Trinajstić information content (AvgIpc) is 2.77. The van der Waals surface area contributed by atoms with Gasteiger partial charge in [0.25, 0.3) is 5.91 Å². The summed E-state index contributed by atoms with van der Waals surface area (Å²) in [5, 5.41) is 2.98. The fraction of sp³-hybridized carbons (Fsp3) is 0.462. The smallest absolute Gasteiger partial charge is 0.252 e. The van der Waals surface area contributed by atoms with E-state index in [9.17, 15) is 9.59 Å². The predicted molar refractivity (Wildman–Crippen MR) is 125 cm³/mol. The van der Waals surface area contributed by atoms with Crippen LogP contribution in [0.4, 0.5) is 0 Å². The first-order valence-electron chi connectivity index (χ1n) is 11.4. The van der Waals surface area contributed by atoms with Crippen LogP contribution < -0.4 is 14.8 Å². The van der Waals surface area contributed by atoms with Crippen molar-refractivity contribution < 1.29 is 19.1 Å². The van der Waals surface area contributed by atoms with Gasteiger partial charge in [0, 0.05) is 18.7 Å². The van der Waals surface area contributed by atoms with Crippen molar-refractivity contribution in [2.45, 2.75) is 53.6 Å². The first-order valence-corrected chi connectivity index (χ1v) is 11.4. The monoisotopic (exact) mass is 438 g/mol. The number of amides is 2. The number of carbonyl (C=O) groups excluding carboxylic acids is 2. The zero-order chi connectivity index (χ0) is 23.3. The third-order valence-corrected chi connectivity index (χ3v) is 5.80. The molecule has 6 heteroatoms. The van der Waals surface area contributed by atoms with Crippen molar-refractivity contribution in [3.63, 3.8) is 0 Å². The van der Waals surface area contributed by atoms with Gasteiger partial charge >= 0.3 is 0 Å². The molecule has 2 aromatic rings. The minimum Gasteiger partial charge on any atom is -0.490 e. The van der Waals surface area contributed by atoms with E-state index in [0.29, 0.717) is 37.6 Å². The molecule has 3 rings (SSSR count). The van der Waals surface area contributed by atoms with Gasteiger partial charge in [-0.25, -0.2) is 0 Å². The SMILES string of the molecule is CCOc1cc2c(cc1OCC)CN(C(=O)C(NC(=O)c1ccccc1C)C(C)C)CC2. The predicted octanol–water partition coefficient (Wildman–Crippen LogP) is 4.13. The Kier molecular flexibility index (Phi) is 7.78. The lowest BCUT2D eigenvalue weighted by Crippen LogP contribution is -2.52. The topological polar surface area (TPSA) is 67.9 Å². The van der Waals surface area contributed by atoms with Gasteiger partial charge < -0.3 is 19.7 Å². The van der Waals surface area contributed by atoms with Crippen LogP contribution in [0.5, 0.6) is 11.5 Å². The Balaban J connectivity index is 1.79. The number of hydrogen-bond acceptors (Lipinski definition) is 4. The van der Waals surface area contributed by atoms with Gasteiger partial charge in [0.05, 0.1) is 13.2 Å². The number of ether oxygens (including phenoxy) is 2. The van der Waals surface area contributed by atoms with Crippen molar-refractivity contribution in [2.75, 3.05) is 19.8 Å². The van der Waals surface area contributed by atoms with Gasteiger partial charge in [-0.3, -0.25) is 9.59 Å². The molecule has 0 bridgehead atoms. The summed E-state index contributed by atoms with van der Waals surface area (Å²) in [5.74, 6) is 1.15. The van der Waals surface area contributed by atoms with E-state index in [-0.39, 0.29) is 17.7 Å². The summed E-state index contributed by atoms with van der Waals surface area (Å²) in [4.78, 5) is 28.1. The van der Waals surface area contributed by atoms with Crippen LogP contribution in [-0.4, -0.2) is 42.5 Å². The number of fused-ring (bicyclic) bond motifs is 1. The Morgan fingerprint density at radius 1 is 1.03 bits per heavy atom. The minimum absolute atomic E-state index is 0.0313. The Morgan fingerprint density at radius 3 is 2.25 bits per heavy atom. The third-order valence-electron chi connectivity index (χ3n) is 5.80. The van der Waals surface area contributed by atoms with Crippen molar-refractivity contribution in [3.05, 3.63) is 58.7 Å². The second-order valence-electron chi connectivity index (χ2n) is 8.45. The van der Waals surface area contributed by atoms with Gasteiger partial charge in [-0.05, 0) is 68.0 Å². The first kappa shape index (κ1) is 23.6. The lowest BCUT2D eigenvalue weighted by Gasteiger charge is -2.34. The molecule has 1 unspecified atom stereocenters. The normalized spacial score (nSPS) is 14.0. The highest BCUT2D eigenvalue weighted by atomic mass is 16.5. The molecule has 172 valence electrons. The number of nitrogens with one attached hydrogen (secondary N) is 1. The lowest BCUT2D eigenvalue weighted by atomic mass is 9.96. The molecule has 6 nitrogen and oxygen atoms in total. The van der Waals surface area contributed by atoms with E-state index >= 15 is 0 Å². The van der Waals surface area contributed by atoms with E-state index in [0.717, 1.165) is 23.3 Å². The fourth-order valence-corrected chi connectivity index (χ4v) is 4.05. The van der Waals surface area contributed by atoms with E-state index in [2.05, 4.69) is 5.32 Å². The van der Waals surface area contributed by atoms with Crippen molar-refractivity contribution in [3.8, 4) is 11.5 Å². The molecule has 0 fully saturated rings. The molecule has 1 atom stereocenters. The highest BCUT2D eigenvalue weighted by molar-refractivity contribution is 5.98. The number of aryl methyl sites for hydroxylation is 1. The molecule has 2 amide bonds. The largest absolute Gasteiger partial charge is 0.490 e. The number of benzene rings is 2. The van der Waals surface area contributed by atoms with Crippen LogP contribution >= 0.6 is 0 Å². The van der Waals surface area contributed by atoms with Crippen molar-refractivity contribution in [2.24, 2.45) is 5.92 Å². The summed E-state index contributed by atoms with van der Waals surface area (Å²) < 4.78 is 11.5. The summed E-state index contributed by atoms with van der Waals surface area (Å²) in [6.45, 7) is 11.9. The molecule has 0 saturated carbocycles. The molecule has 0 aromatic heterocycles. The highest BCUT2D eigenvalue weighted by Crippen LogP contribution is 2.34. The standard InChI is InChI=1S/C26H34N2O4/c1-6-31-22-14-19-12-13-28(16-20(19)15-23(22)32-7-2)26(30)24(17(3)4)27-25(29)21-11-9-8-10-18(21)5/h8-11,14-15,17,24H,6-7,12-13,16H2,1-5H3,(H,27,29).